The van der Waals surface area contributed by atoms with Gasteiger partial charge in [-0.25, -0.2) is 8.42 Å². The lowest BCUT2D eigenvalue weighted by atomic mass is 10.1. The van der Waals surface area contributed by atoms with E-state index in [0.29, 0.717) is 17.2 Å². The molecule has 1 aliphatic heterocycles. The standard InChI is InChI=1S/C16H15Cl2NO4S/c17-11-3-4-14(15(18)8-11)16(20)19(9-13-2-1-6-23-13)12-5-7-24(21,22)10-12/h1-4,6,8,12H,5,7,9-10H2/t12-/m0/s1. The fraction of sp³-hybridized carbons (Fsp3) is 0.312. The van der Waals surface area contributed by atoms with Gasteiger partial charge in [0, 0.05) is 11.1 Å². The van der Waals surface area contributed by atoms with Crippen LogP contribution >= 0.6 is 23.2 Å². The third-order valence-corrected chi connectivity index (χ3v) is 6.28. The van der Waals surface area contributed by atoms with Crippen molar-refractivity contribution < 1.29 is 17.6 Å². The van der Waals surface area contributed by atoms with Gasteiger partial charge in [0.1, 0.15) is 5.76 Å². The lowest BCUT2D eigenvalue weighted by molar-refractivity contribution is 0.0666. The molecule has 0 aliphatic carbocycles. The summed E-state index contributed by atoms with van der Waals surface area (Å²) in [5.74, 6) is 0.270. The van der Waals surface area contributed by atoms with E-state index in [0.717, 1.165) is 0 Å². The number of sulfone groups is 1. The minimum atomic E-state index is -3.13. The Bertz CT molecular complexity index is 849. The fourth-order valence-corrected chi connectivity index (χ4v) is 5.00. The smallest absolute Gasteiger partial charge is 0.256 e. The second kappa shape index (κ2) is 6.78. The van der Waals surface area contributed by atoms with Gasteiger partial charge < -0.3 is 9.32 Å². The number of rotatable bonds is 4. The van der Waals surface area contributed by atoms with Gasteiger partial charge in [-0.1, -0.05) is 23.2 Å². The highest BCUT2D eigenvalue weighted by Gasteiger charge is 2.36. The molecule has 2 aromatic rings. The van der Waals surface area contributed by atoms with Gasteiger partial charge >= 0.3 is 0 Å². The molecular formula is C16H15Cl2NO4S. The summed E-state index contributed by atoms with van der Waals surface area (Å²) in [6, 6.07) is 7.68. The number of halogens is 2. The van der Waals surface area contributed by atoms with Gasteiger partial charge in [0.15, 0.2) is 9.84 Å². The van der Waals surface area contributed by atoms with Crippen LogP contribution in [-0.2, 0) is 16.4 Å². The number of hydrogen-bond acceptors (Lipinski definition) is 4. The van der Waals surface area contributed by atoms with Crippen molar-refractivity contribution in [2.24, 2.45) is 0 Å². The Morgan fingerprint density at radius 2 is 2.08 bits per heavy atom. The number of furan rings is 1. The predicted molar refractivity (Wildman–Crippen MR) is 92.1 cm³/mol. The lowest BCUT2D eigenvalue weighted by Crippen LogP contribution is -2.40. The Hall–Kier alpha value is -1.50. The maximum Gasteiger partial charge on any atom is 0.256 e. The highest BCUT2D eigenvalue weighted by molar-refractivity contribution is 7.91. The topological polar surface area (TPSA) is 67.6 Å². The molecule has 8 heteroatoms. The van der Waals surface area contributed by atoms with E-state index in [1.165, 1.54) is 17.2 Å². The van der Waals surface area contributed by atoms with Crippen LogP contribution in [0.5, 0.6) is 0 Å². The van der Waals surface area contributed by atoms with Gasteiger partial charge in [0.05, 0.1) is 34.9 Å². The highest BCUT2D eigenvalue weighted by Crippen LogP contribution is 2.27. The van der Waals surface area contributed by atoms with Crippen LogP contribution < -0.4 is 0 Å². The number of carbonyl (C=O) groups is 1. The van der Waals surface area contributed by atoms with Crippen LogP contribution in [0.1, 0.15) is 22.5 Å². The Kier molecular flexibility index (Phi) is 4.90. The predicted octanol–water partition coefficient (Wildman–Crippen LogP) is 3.42. The molecule has 1 aromatic carbocycles. The third-order valence-electron chi connectivity index (χ3n) is 3.98. The van der Waals surface area contributed by atoms with Crippen molar-refractivity contribution >= 4 is 38.9 Å². The maximum absolute atomic E-state index is 13.0. The Morgan fingerprint density at radius 1 is 1.29 bits per heavy atom. The van der Waals surface area contributed by atoms with Gasteiger partial charge in [0.2, 0.25) is 0 Å². The van der Waals surface area contributed by atoms with Crippen LogP contribution in [0, 0.1) is 0 Å². The van der Waals surface area contributed by atoms with Gasteiger partial charge in [-0.15, -0.1) is 0 Å². The zero-order valence-electron chi connectivity index (χ0n) is 12.6. The van der Waals surface area contributed by atoms with E-state index in [9.17, 15) is 13.2 Å². The normalized spacial score (nSPS) is 19.3. The maximum atomic E-state index is 13.0. The van der Waals surface area contributed by atoms with E-state index in [2.05, 4.69) is 0 Å². The Labute approximate surface area is 150 Å². The van der Waals surface area contributed by atoms with Gasteiger partial charge in [0.25, 0.3) is 5.91 Å². The first-order valence-electron chi connectivity index (χ1n) is 7.34. The zero-order chi connectivity index (χ0) is 17.3. The Morgan fingerprint density at radius 3 is 2.67 bits per heavy atom. The average Bonchev–Trinajstić information content (AvgIpc) is 3.13. The molecule has 1 aromatic heterocycles. The number of amides is 1. The van der Waals surface area contributed by atoms with Crippen molar-refractivity contribution in [3.63, 3.8) is 0 Å². The Balaban J connectivity index is 1.92. The molecule has 5 nitrogen and oxygen atoms in total. The number of nitrogens with zero attached hydrogens (tertiary/aromatic N) is 1. The van der Waals surface area contributed by atoms with Crippen molar-refractivity contribution in [2.75, 3.05) is 11.5 Å². The molecule has 24 heavy (non-hydrogen) atoms. The van der Waals surface area contributed by atoms with Crippen LogP contribution in [0.2, 0.25) is 10.0 Å². The zero-order valence-corrected chi connectivity index (χ0v) is 14.9. The van der Waals surface area contributed by atoms with E-state index in [1.54, 1.807) is 24.3 Å². The van der Waals surface area contributed by atoms with Gasteiger partial charge in [-0.05, 0) is 36.8 Å². The lowest BCUT2D eigenvalue weighted by Gasteiger charge is -2.28. The number of carbonyl (C=O) groups excluding carboxylic acids is 1. The largest absolute Gasteiger partial charge is 0.467 e. The SMILES string of the molecule is O=C(c1ccc(Cl)cc1Cl)N(Cc1ccco1)[C@H]1CCS(=O)(=O)C1. The molecule has 0 radical (unpaired) electrons. The van der Waals surface area contributed by atoms with E-state index in [1.807, 2.05) is 0 Å². The summed E-state index contributed by atoms with van der Waals surface area (Å²) in [5, 5.41) is 0.662. The summed E-state index contributed by atoms with van der Waals surface area (Å²) in [6.45, 7) is 0.185. The summed E-state index contributed by atoms with van der Waals surface area (Å²) in [6.07, 6.45) is 1.92. The quantitative estimate of drug-likeness (QED) is 0.805. The van der Waals surface area contributed by atoms with Crippen molar-refractivity contribution in [1.29, 1.82) is 0 Å². The highest BCUT2D eigenvalue weighted by atomic mass is 35.5. The monoisotopic (exact) mass is 387 g/mol. The molecule has 1 amide bonds. The molecule has 0 N–H and O–H groups in total. The molecule has 2 heterocycles. The second-order valence-electron chi connectivity index (χ2n) is 5.69. The van der Waals surface area contributed by atoms with Crippen LogP contribution in [0.4, 0.5) is 0 Å². The molecular weight excluding hydrogens is 373 g/mol. The van der Waals surface area contributed by atoms with Gasteiger partial charge in [-0.3, -0.25) is 4.79 Å². The van der Waals surface area contributed by atoms with Crippen LogP contribution in [0.15, 0.2) is 41.0 Å². The minimum absolute atomic E-state index is 0.0509. The summed E-state index contributed by atoms with van der Waals surface area (Å²) in [7, 11) is -3.13. The first-order valence-corrected chi connectivity index (χ1v) is 9.92. The first-order chi connectivity index (χ1) is 11.4. The summed E-state index contributed by atoms with van der Waals surface area (Å²) < 4.78 is 28.9. The number of benzene rings is 1. The molecule has 1 fully saturated rings. The van der Waals surface area contributed by atoms with E-state index in [-0.39, 0.29) is 34.5 Å². The van der Waals surface area contributed by atoms with Crippen LogP contribution in [-0.4, -0.2) is 36.8 Å². The fourth-order valence-electron chi connectivity index (χ4n) is 2.78. The first kappa shape index (κ1) is 17.3. The van der Waals surface area contributed by atoms with Crippen molar-refractivity contribution in [3.05, 3.63) is 58.0 Å². The van der Waals surface area contributed by atoms with E-state index < -0.39 is 15.9 Å². The molecule has 128 valence electrons. The minimum Gasteiger partial charge on any atom is -0.467 e. The van der Waals surface area contributed by atoms with E-state index >= 15 is 0 Å². The van der Waals surface area contributed by atoms with Gasteiger partial charge in [-0.2, -0.15) is 0 Å². The summed E-state index contributed by atoms with van der Waals surface area (Å²) in [4.78, 5) is 14.5. The van der Waals surface area contributed by atoms with Crippen LogP contribution in [0.3, 0.4) is 0 Å². The second-order valence-corrected chi connectivity index (χ2v) is 8.77. The van der Waals surface area contributed by atoms with Crippen molar-refractivity contribution in [2.45, 2.75) is 19.0 Å². The molecule has 1 aliphatic rings. The molecule has 3 rings (SSSR count). The summed E-state index contributed by atoms with van der Waals surface area (Å²) >= 11 is 12.0. The summed E-state index contributed by atoms with van der Waals surface area (Å²) in [5.41, 5.74) is 0.289. The van der Waals surface area contributed by atoms with Crippen LogP contribution in [0.25, 0.3) is 0 Å². The molecule has 1 atom stereocenters. The third kappa shape index (κ3) is 3.77. The van der Waals surface area contributed by atoms with E-state index in [4.69, 9.17) is 27.6 Å². The molecule has 1 saturated heterocycles. The molecule has 0 spiro atoms. The molecule has 0 saturated carbocycles. The molecule has 0 bridgehead atoms. The average molecular weight is 388 g/mol. The van der Waals surface area contributed by atoms with Crippen molar-refractivity contribution in [1.82, 2.24) is 4.90 Å². The number of hydrogen-bond donors (Lipinski definition) is 0. The molecule has 0 unspecified atom stereocenters. The van der Waals surface area contributed by atoms with Crippen molar-refractivity contribution in [3.8, 4) is 0 Å².